The van der Waals surface area contributed by atoms with Crippen molar-refractivity contribution in [3.05, 3.63) is 23.8 Å². The first-order valence-corrected chi connectivity index (χ1v) is 8.09. The summed E-state index contributed by atoms with van der Waals surface area (Å²) in [5.41, 5.74) is 0.966. The fraction of sp³-hybridized carbons (Fsp3) is 0.471. The van der Waals surface area contributed by atoms with E-state index < -0.39 is 6.10 Å². The Morgan fingerprint density at radius 1 is 1.29 bits per heavy atom. The predicted molar refractivity (Wildman–Crippen MR) is 88.3 cm³/mol. The number of ether oxygens (including phenoxy) is 1. The molecule has 2 heterocycles. The molecule has 0 radical (unpaired) electrons. The fourth-order valence-corrected chi connectivity index (χ4v) is 2.94. The van der Waals surface area contributed by atoms with E-state index in [2.05, 4.69) is 5.32 Å². The molecule has 0 aromatic heterocycles. The molecule has 1 aromatic rings. The molecule has 2 aliphatic rings. The van der Waals surface area contributed by atoms with Crippen molar-refractivity contribution < 1.29 is 19.1 Å². The highest BCUT2D eigenvalue weighted by Crippen LogP contribution is 2.35. The van der Waals surface area contributed by atoms with Crippen LogP contribution in [0.5, 0.6) is 5.75 Å². The van der Waals surface area contributed by atoms with Crippen LogP contribution in [0.4, 0.5) is 5.69 Å². The maximum absolute atomic E-state index is 12.5. The van der Waals surface area contributed by atoms with E-state index in [0.717, 1.165) is 13.1 Å². The second-order valence-corrected chi connectivity index (χ2v) is 6.05. The molecule has 7 nitrogen and oxygen atoms in total. The molecule has 0 unspecified atom stereocenters. The summed E-state index contributed by atoms with van der Waals surface area (Å²) in [6.07, 6.45) is -0.656. The Hall–Kier alpha value is -2.41. The lowest BCUT2D eigenvalue weighted by Crippen LogP contribution is -2.53. The van der Waals surface area contributed by atoms with E-state index in [4.69, 9.17) is 4.74 Å². The van der Waals surface area contributed by atoms with Crippen LogP contribution >= 0.6 is 0 Å². The summed E-state index contributed by atoms with van der Waals surface area (Å²) in [7, 11) is 0. The average Bonchev–Trinajstić information content (AvgIpc) is 2.59. The number of amides is 2. The summed E-state index contributed by atoms with van der Waals surface area (Å²) in [5.74, 6) is 0.0438. The zero-order valence-electron chi connectivity index (χ0n) is 13.9. The molecule has 1 atom stereocenters. The van der Waals surface area contributed by atoms with Crippen LogP contribution < -0.4 is 15.0 Å². The van der Waals surface area contributed by atoms with Gasteiger partial charge in [0.2, 0.25) is 5.91 Å². The lowest BCUT2D eigenvalue weighted by Gasteiger charge is -2.35. The second kappa shape index (κ2) is 6.60. The number of anilines is 1. The van der Waals surface area contributed by atoms with Crippen molar-refractivity contribution in [3.63, 3.8) is 0 Å². The van der Waals surface area contributed by atoms with E-state index in [0.29, 0.717) is 30.1 Å². The molecule has 1 N–H and O–H groups in total. The van der Waals surface area contributed by atoms with Crippen molar-refractivity contribution in [1.82, 2.24) is 10.2 Å². The first-order valence-electron chi connectivity index (χ1n) is 8.09. The summed E-state index contributed by atoms with van der Waals surface area (Å²) in [4.78, 5) is 39.9. The molecule has 0 aliphatic carbocycles. The third-order valence-electron chi connectivity index (χ3n) is 4.34. The highest BCUT2D eigenvalue weighted by molar-refractivity contribution is 6.05. The van der Waals surface area contributed by atoms with E-state index in [9.17, 15) is 14.4 Å². The van der Waals surface area contributed by atoms with Gasteiger partial charge in [-0.1, -0.05) is 0 Å². The van der Waals surface area contributed by atoms with Crippen LogP contribution in [0.2, 0.25) is 0 Å². The van der Waals surface area contributed by atoms with Gasteiger partial charge in [-0.25, -0.2) is 0 Å². The van der Waals surface area contributed by atoms with Crippen LogP contribution in [0.25, 0.3) is 0 Å². The average molecular weight is 331 g/mol. The van der Waals surface area contributed by atoms with E-state index in [-0.39, 0.29) is 24.1 Å². The van der Waals surface area contributed by atoms with Gasteiger partial charge in [-0.2, -0.15) is 0 Å². The number of carbonyl (C=O) groups is 3. The molecular formula is C17H21N3O4. The zero-order chi connectivity index (χ0) is 17.3. The lowest BCUT2D eigenvalue weighted by atomic mass is 10.1. The maximum Gasteiger partial charge on any atom is 0.268 e. The van der Waals surface area contributed by atoms with Gasteiger partial charge in [0, 0.05) is 31.7 Å². The summed E-state index contributed by atoms with van der Waals surface area (Å²) < 4.78 is 5.60. The summed E-state index contributed by atoms with van der Waals surface area (Å²) >= 11 is 0. The van der Waals surface area contributed by atoms with Crippen molar-refractivity contribution in [2.75, 3.05) is 37.6 Å². The van der Waals surface area contributed by atoms with Gasteiger partial charge in [0.1, 0.15) is 12.3 Å². The number of hydrogen-bond acceptors (Lipinski definition) is 5. The van der Waals surface area contributed by atoms with Gasteiger partial charge in [0.25, 0.3) is 5.91 Å². The van der Waals surface area contributed by atoms with E-state index >= 15 is 0 Å². The highest BCUT2D eigenvalue weighted by Gasteiger charge is 2.34. The minimum atomic E-state index is -0.656. The van der Waals surface area contributed by atoms with Gasteiger partial charge in [0.05, 0.1) is 5.69 Å². The molecule has 1 aromatic carbocycles. The van der Waals surface area contributed by atoms with E-state index in [1.807, 2.05) is 0 Å². The Kier molecular flexibility index (Phi) is 4.53. The third kappa shape index (κ3) is 3.12. The third-order valence-corrected chi connectivity index (χ3v) is 4.34. The van der Waals surface area contributed by atoms with Crippen molar-refractivity contribution in [3.8, 4) is 5.75 Å². The molecule has 7 heteroatoms. The number of nitrogens with one attached hydrogen (secondary N) is 1. The van der Waals surface area contributed by atoms with Crippen LogP contribution in [-0.2, 0) is 9.59 Å². The topological polar surface area (TPSA) is 79.0 Å². The number of ketones is 1. The van der Waals surface area contributed by atoms with E-state index in [1.54, 1.807) is 30.0 Å². The SMILES string of the molecule is CC(=O)c1ccc2c(c1)N(CC(=O)N1CCNCC1)C(=O)[C@H](C)O2. The number of carbonyl (C=O) groups excluding carboxylic acids is 3. The van der Waals surface area contributed by atoms with Gasteiger partial charge >= 0.3 is 0 Å². The monoisotopic (exact) mass is 331 g/mol. The van der Waals surface area contributed by atoms with Crippen molar-refractivity contribution in [2.45, 2.75) is 20.0 Å². The first-order chi connectivity index (χ1) is 11.5. The highest BCUT2D eigenvalue weighted by atomic mass is 16.5. The number of nitrogens with zero attached hydrogens (tertiary/aromatic N) is 2. The van der Waals surface area contributed by atoms with Crippen molar-refractivity contribution >= 4 is 23.3 Å². The number of piperazine rings is 1. The fourth-order valence-electron chi connectivity index (χ4n) is 2.94. The Morgan fingerprint density at radius 2 is 2.00 bits per heavy atom. The largest absolute Gasteiger partial charge is 0.479 e. The quantitative estimate of drug-likeness (QED) is 0.813. The van der Waals surface area contributed by atoms with Crippen LogP contribution in [0.1, 0.15) is 24.2 Å². The molecule has 3 rings (SSSR count). The lowest BCUT2D eigenvalue weighted by molar-refractivity contribution is -0.133. The molecule has 128 valence electrons. The molecule has 0 spiro atoms. The molecule has 2 aliphatic heterocycles. The van der Waals surface area contributed by atoms with Crippen LogP contribution in [0, 0.1) is 0 Å². The molecular weight excluding hydrogens is 310 g/mol. The first kappa shape index (κ1) is 16.4. The maximum atomic E-state index is 12.5. The van der Waals surface area contributed by atoms with Crippen LogP contribution in [0.15, 0.2) is 18.2 Å². The molecule has 2 amide bonds. The minimum Gasteiger partial charge on any atom is -0.479 e. The summed E-state index contributed by atoms with van der Waals surface area (Å²) in [6.45, 7) is 5.86. The number of Topliss-reactive ketones (excluding diaryl/α,β-unsaturated/α-hetero) is 1. The standard InChI is InChI=1S/C17H21N3O4/c1-11(21)13-3-4-15-14(9-13)20(17(23)12(2)24-15)10-16(22)19-7-5-18-6-8-19/h3-4,9,12,18H,5-8,10H2,1-2H3/t12-/m0/s1. The Morgan fingerprint density at radius 3 is 2.67 bits per heavy atom. The Balaban J connectivity index is 1.88. The molecule has 1 fully saturated rings. The van der Waals surface area contributed by atoms with Gasteiger partial charge in [-0.15, -0.1) is 0 Å². The number of hydrogen-bond donors (Lipinski definition) is 1. The molecule has 24 heavy (non-hydrogen) atoms. The Labute approximate surface area is 140 Å². The van der Waals surface area contributed by atoms with Crippen LogP contribution in [0.3, 0.4) is 0 Å². The van der Waals surface area contributed by atoms with Gasteiger partial charge in [-0.3, -0.25) is 19.3 Å². The molecule has 0 bridgehead atoms. The number of rotatable bonds is 3. The number of fused-ring (bicyclic) bond motifs is 1. The minimum absolute atomic E-state index is 0.0408. The number of benzene rings is 1. The Bertz CT molecular complexity index is 682. The second-order valence-electron chi connectivity index (χ2n) is 6.05. The van der Waals surface area contributed by atoms with Crippen molar-refractivity contribution in [1.29, 1.82) is 0 Å². The van der Waals surface area contributed by atoms with Gasteiger partial charge in [0.15, 0.2) is 11.9 Å². The van der Waals surface area contributed by atoms with Gasteiger partial charge < -0.3 is 15.0 Å². The zero-order valence-corrected chi connectivity index (χ0v) is 13.9. The van der Waals surface area contributed by atoms with Gasteiger partial charge in [-0.05, 0) is 32.0 Å². The molecule has 1 saturated heterocycles. The predicted octanol–water partition coefficient (Wildman–Crippen LogP) is 0.435. The summed E-state index contributed by atoms with van der Waals surface area (Å²) in [5, 5.41) is 3.19. The molecule has 0 saturated carbocycles. The normalized spacial score (nSPS) is 20.4. The smallest absolute Gasteiger partial charge is 0.268 e. The summed E-state index contributed by atoms with van der Waals surface area (Å²) in [6, 6.07) is 4.96. The van der Waals surface area contributed by atoms with E-state index in [1.165, 1.54) is 11.8 Å². The van der Waals surface area contributed by atoms with Crippen molar-refractivity contribution in [2.24, 2.45) is 0 Å². The van der Waals surface area contributed by atoms with Crippen LogP contribution in [-0.4, -0.2) is 61.3 Å².